The molecule has 1 amide bonds. The van der Waals surface area contributed by atoms with Gasteiger partial charge in [-0.3, -0.25) is 0 Å². The maximum Gasteiger partial charge on any atom is 0.407 e. The molecule has 0 aromatic rings. The van der Waals surface area contributed by atoms with E-state index in [1.165, 1.54) is 7.05 Å². The summed E-state index contributed by atoms with van der Waals surface area (Å²) < 4.78 is 4.99. The second-order valence-corrected chi connectivity index (χ2v) is 3.06. The quantitative estimate of drug-likeness (QED) is 0.656. The Balaban J connectivity index is 3.82. The van der Waals surface area contributed by atoms with E-state index < -0.39 is 6.09 Å². The van der Waals surface area contributed by atoms with Gasteiger partial charge in [0.15, 0.2) is 0 Å². The van der Waals surface area contributed by atoms with E-state index >= 15 is 0 Å². The van der Waals surface area contributed by atoms with E-state index in [0.717, 1.165) is 6.42 Å². The highest BCUT2D eigenvalue weighted by atomic mass is 16.6. The molecular formula is C9H17NO2. The Hall–Kier alpha value is -0.990. The summed E-state index contributed by atoms with van der Waals surface area (Å²) in [4.78, 5) is 10.8. The lowest BCUT2D eigenvalue weighted by Crippen LogP contribution is -2.25. The van der Waals surface area contributed by atoms with Gasteiger partial charge in [-0.15, -0.1) is 0 Å². The summed E-state index contributed by atoms with van der Waals surface area (Å²) in [5.41, 5.74) is 0. The standard InChI is InChI=1S/C9H17NO2/c1-5-8(6-7(2)3)12-9(11)10-4/h5,7-8H,1,6H2,2-4H3,(H,10,11). The molecule has 0 rings (SSSR count). The molecule has 1 unspecified atom stereocenters. The van der Waals surface area contributed by atoms with Gasteiger partial charge in [0, 0.05) is 7.05 Å². The first-order valence-electron chi connectivity index (χ1n) is 4.11. The van der Waals surface area contributed by atoms with Crippen LogP contribution in [0.2, 0.25) is 0 Å². The SMILES string of the molecule is C=CC(CC(C)C)OC(=O)NC. The molecule has 0 saturated heterocycles. The summed E-state index contributed by atoms with van der Waals surface area (Å²) in [6, 6.07) is 0. The minimum atomic E-state index is -0.402. The number of nitrogens with one attached hydrogen (secondary N) is 1. The molecule has 0 bridgehead atoms. The minimum Gasteiger partial charge on any atom is -0.442 e. The van der Waals surface area contributed by atoms with Crippen LogP contribution >= 0.6 is 0 Å². The Bertz CT molecular complexity index is 155. The molecule has 3 nitrogen and oxygen atoms in total. The minimum absolute atomic E-state index is 0.176. The summed E-state index contributed by atoms with van der Waals surface area (Å²) in [6.45, 7) is 7.74. The number of hydrogen-bond acceptors (Lipinski definition) is 2. The van der Waals surface area contributed by atoms with Crippen molar-refractivity contribution in [1.29, 1.82) is 0 Å². The van der Waals surface area contributed by atoms with Gasteiger partial charge in [-0.25, -0.2) is 4.79 Å². The topological polar surface area (TPSA) is 38.3 Å². The van der Waals surface area contributed by atoms with E-state index in [4.69, 9.17) is 4.74 Å². The molecule has 0 fully saturated rings. The highest BCUT2D eigenvalue weighted by molar-refractivity contribution is 5.67. The zero-order valence-electron chi connectivity index (χ0n) is 7.96. The Labute approximate surface area is 73.8 Å². The second kappa shape index (κ2) is 5.63. The molecule has 0 saturated carbocycles. The average Bonchev–Trinajstić information content (AvgIpc) is 2.02. The lowest BCUT2D eigenvalue weighted by molar-refractivity contribution is 0.111. The lowest BCUT2D eigenvalue weighted by Gasteiger charge is -2.15. The molecule has 0 aliphatic rings. The van der Waals surface area contributed by atoms with Crippen LogP contribution in [0.4, 0.5) is 4.79 Å². The van der Waals surface area contributed by atoms with Crippen molar-refractivity contribution >= 4 is 6.09 Å². The molecule has 0 spiro atoms. The third-order valence-corrected chi connectivity index (χ3v) is 1.43. The van der Waals surface area contributed by atoms with E-state index in [2.05, 4.69) is 25.7 Å². The van der Waals surface area contributed by atoms with Gasteiger partial charge < -0.3 is 10.1 Å². The third kappa shape index (κ3) is 4.77. The van der Waals surface area contributed by atoms with Crippen molar-refractivity contribution in [3.63, 3.8) is 0 Å². The van der Waals surface area contributed by atoms with E-state index in [1.54, 1.807) is 6.08 Å². The maximum absolute atomic E-state index is 10.8. The van der Waals surface area contributed by atoms with E-state index in [-0.39, 0.29) is 6.10 Å². The molecule has 0 aliphatic heterocycles. The average molecular weight is 171 g/mol. The summed E-state index contributed by atoms with van der Waals surface area (Å²) in [6.07, 6.45) is 1.89. The van der Waals surface area contributed by atoms with Crippen LogP contribution in [0.25, 0.3) is 0 Å². The molecule has 1 atom stereocenters. The van der Waals surface area contributed by atoms with Gasteiger partial charge in [0.2, 0.25) is 0 Å². The molecule has 0 aromatic heterocycles. The van der Waals surface area contributed by atoms with Crippen molar-refractivity contribution in [3.05, 3.63) is 12.7 Å². The number of alkyl carbamates (subject to hydrolysis) is 1. The molecule has 12 heavy (non-hydrogen) atoms. The van der Waals surface area contributed by atoms with Crippen molar-refractivity contribution in [2.24, 2.45) is 5.92 Å². The molecule has 0 heterocycles. The fourth-order valence-electron chi connectivity index (χ4n) is 0.853. The maximum atomic E-state index is 10.8. The fourth-order valence-corrected chi connectivity index (χ4v) is 0.853. The number of carbonyl (C=O) groups is 1. The number of amides is 1. The van der Waals surface area contributed by atoms with Gasteiger partial charge >= 0.3 is 6.09 Å². The van der Waals surface area contributed by atoms with Crippen molar-refractivity contribution in [1.82, 2.24) is 5.32 Å². The van der Waals surface area contributed by atoms with Crippen LogP contribution in [-0.4, -0.2) is 19.2 Å². The van der Waals surface area contributed by atoms with Gasteiger partial charge in [-0.05, 0) is 12.3 Å². The van der Waals surface area contributed by atoms with Crippen LogP contribution in [-0.2, 0) is 4.74 Å². The third-order valence-electron chi connectivity index (χ3n) is 1.43. The normalized spacial score (nSPS) is 12.3. The summed E-state index contributed by atoms with van der Waals surface area (Å²) in [7, 11) is 1.54. The van der Waals surface area contributed by atoms with Crippen LogP contribution in [0.15, 0.2) is 12.7 Å². The van der Waals surface area contributed by atoms with Gasteiger partial charge in [-0.2, -0.15) is 0 Å². The number of ether oxygens (including phenoxy) is 1. The molecule has 0 aliphatic carbocycles. The van der Waals surface area contributed by atoms with Crippen LogP contribution < -0.4 is 5.32 Å². The first-order chi connectivity index (χ1) is 5.60. The molecule has 3 heteroatoms. The molecule has 70 valence electrons. The summed E-state index contributed by atoms with van der Waals surface area (Å²) in [5, 5.41) is 2.39. The van der Waals surface area contributed by atoms with Crippen LogP contribution in [0.5, 0.6) is 0 Å². The van der Waals surface area contributed by atoms with Crippen molar-refractivity contribution in [2.75, 3.05) is 7.05 Å². The molecule has 1 N–H and O–H groups in total. The Morgan fingerprint density at radius 1 is 1.67 bits per heavy atom. The monoisotopic (exact) mass is 171 g/mol. The van der Waals surface area contributed by atoms with Gasteiger partial charge in [-0.1, -0.05) is 26.5 Å². The van der Waals surface area contributed by atoms with Crippen molar-refractivity contribution in [2.45, 2.75) is 26.4 Å². The number of hydrogen-bond donors (Lipinski definition) is 1. The van der Waals surface area contributed by atoms with Crippen molar-refractivity contribution < 1.29 is 9.53 Å². The Morgan fingerprint density at radius 3 is 2.58 bits per heavy atom. The number of rotatable bonds is 4. The predicted molar refractivity (Wildman–Crippen MR) is 49.0 cm³/mol. The summed E-state index contributed by atoms with van der Waals surface area (Å²) >= 11 is 0. The highest BCUT2D eigenvalue weighted by Gasteiger charge is 2.10. The van der Waals surface area contributed by atoms with E-state index in [0.29, 0.717) is 5.92 Å². The highest BCUT2D eigenvalue weighted by Crippen LogP contribution is 2.08. The van der Waals surface area contributed by atoms with Gasteiger partial charge in [0.25, 0.3) is 0 Å². The Morgan fingerprint density at radius 2 is 2.25 bits per heavy atom. The van der Waals surface area contributed by atoms with Crippen LogP contribution in [0.3, 0.4) is 0 Å². The van der Waals surface area contributed by atoms with E-state index in [9.17, 15) is 4.79 Å². The zero-order valence-corrected chi connectivity index (χ0v) is 7.96. The zero-order chi connectivity index (χ0) is 9.56. The van der Waals surface area contributed by atoms with Crippen LogP contribution in [0, 0.1) is 5.92 Å². The second-order valence-electron chi connectivity index (χ2n) is 3.06. The van der Waals surface area contributed by atoms with Gasteiger partial charge in [0.1, 0.15) is 6.10 Å². The molecule has 0 radical (unpaired) electrons. The summed E-state index contributed by atoms with van der Waals surface area (Å²) in [5.74, 6) is 0.498. The molecule has 0 aromatic carbocycles. The Kier molecular flexibility index (Phi) is 5.17. The number of carbonyl (C=O) groups excluding carboxylic acids is 1. The van der Waals surface area contributed by atoms with E-state index in [1.807, 2.05) is 0 Å². The fraction of sp³-hybridized carbons (Fsp3) is 0.667. The first kappa shape index (κ1) is 11.0. The smallest absolute Gasteiger partial charge is 0.407 e. The van der Waals surface area contributed by atoms with Gasteiger partial charge in [0.05, 0.1) is 0 Å². The van der Waals surface area contributed by atoms with Crippen molar-refractivity contribution in [3.8, 4) is 0 Å². The van der Waals surface area contributed by atoms with Crippen LogP contribution in [0.1, 0.15) is 20.3 Å². The largest absolute Gasteiger partial charge is 0.442 e. The predicted octanol–water partition coefficient (Wildman–Crippen LogP) is 1.94. The molecular weight excluding hydrogens is 154 g/mol. The first-order valence-corrected chi connectivity index (χ1v) is 4.11. The lowest BCUT2D eigenvalue weighted by atomic mass is 10.1.